The zero-order chi connectivity index (χ0) is 19.4. The molecule has 0 radical (unpaired) electrons. The molecule has 2 amide bonds. The fraction of sp³-hybridized carbons (Fsp3) is 0.556. The Balaban J connectivity index is 2.86. The minimum atomic E-state index is -0.695. The number of ether oxygens (including phenoxy) is 1. The lowest BCUT2D eigenvalue weighted by Gasteiger charge is -2.35. The molecule has 0 bridgehead atoms. The van der Waals surface area contributed by atoms with Crippen molar-refractivity contribution in [1.82, 2.24) is 10.6 Å². The third-order valence-corrected chi connectivity index (χ3v) is 4.69. The Hall–Kier alpha value is -1.46. The fourth-order valence-corrected chi connectivity index (χ4v) is 2.35. The van der Waals surface area contributed by atoms with Crippen molar-refractivity contribution < 1.29 is 14.3 Å². The molecule has 25 heavy (non-hydrogen) atoms. The molecule has 0 aliphatic carbocycles. The SMILES string of the molecule is CC(C)C(C)(CNC(=O)OC(C)(C)C)NC(=O)c1cccc(Cl)c1Cl. The number of hydrogen-bond acceptors (Lipinski definition) is 3. The van der Waals surface area contributed by atoms with Crippen LogP contribution in [0.25, 0.3) is 0 Å². The highest BCUT2D eigenvalue weighted by atomic mass is 35.5. The van der Waals surface area contributed by atoms with E-state index in [0.29, 0.717) is 10.6 Å². The summed E-state index contributed by atoms with van der Waals surface area (Å²) in [6.07, 6.45) is -0.533. The number of hydrogen-bond donors (Lipinski definition) is 2. The molecular formula is C18H26Cl2N2O3. The minimum absolute atomic E-state index is 0.0457. The first kappa shape index (κ1) is 21.6. The molecule has 0 aliphatic rings. The number of amides is 2. The van der Waals surface area contributed by atoms with Crippen LogP contribution < -0.4 is 10.6 Å². The number of benzene rings is 1. The first-order chi connectivity index (χ1) is 11.4. The molecule has 0 aliphatic heterocycles. The number of halogens is 2. The lowest BCUT2D eigenvalue weighted by Crippen LogP contribution is -2.57. The Bertz CT molecular complexity index is 642. The van der Waals surface area contributed by atoms with Crippen molar-refractivity contribution in [1.29, 1.82) is 0 Å². The molecule has 1 unspecified atom stereocenters. The van der Waals surface area contributed by atoms with E-state index in [2.05, 4.69) is 10.6 Å². The molecule has 5 nitrogen and oxygen atoms in total. The molecule has 0 aromatic heterocycles. The number of rotatable bonds is 5. The lowest BCUT2D eigenvalue weighted by atomic mass is 9.88. The molecule has 0 saturated heterocycles. The molecular weight excluding hydrogens is 363 g/mol. The van der Waals surface area contributed by atoms with Gasteiger partial charge in [-0.25, -0.2) is 4.79 Å². The Morgan fingerprint density at radius 2 is 1.76 bits per heavy atom. The molecule has 7 heteroatoms. The van der Waals surface area contributed by atoms with Gasteiger partial charge in [-0.1, -0.05) is 43.1 Å². The summed E-state index contributed by atoms with van der Waals surface area (Å²) >= 11 is 12.1. The van der Waals surface area contributed by atoms with Crippen LogP contribution in [0.1, 0.15) is 51.9 Å². The highest BCUT2D eigenvalue weighted by molar-refractivity contribution is 6.43. The van der Waals surface area contributed by atoms with Crippen molar-refractivity contribution in [3.05, 3.63) is 33.8 Å². The largest absolute Gasteiger partial charge is 0.444 e. The van der Waals surface area contributed by atoms with Crippen molar-refractivity contribution in [2.45, 2.75) is 52.7 Å². The smallest absolute Gasteiger partial charge is 0.407 e. The summed E-state index contributed by atoms with van der Waals surface area (Å²) in [6, 6.07) is 4.88. The van der Waals surface area contributed by atoms with E-state index in [-0.39, 0.29) is 23.4 Å². The van der Waals surface area contributed by atoms with Gasteiger partial charge in [-0.2, -0.15) is 0 Å². The summed E-state index contributed by atoms with van der Waals surface area (Å²) in [4.78, 5) is 24.5. The molecule has 0 spiro atoms. The van der Waals surface area contributed by atoms with Crippen molar-refractivity contribution in [3.8, 4) is 0 Å². The second-order valence-corrected chi connectivity index (χ2v) is 8.27. The summed E-state index contributed by atoms with van der Waals surface area (Å²) in [5, 5.41) is 6.17. The van der Waals surface area contributed by atoms with Gasteiger partial charge >= 0.3 is 6.09 Å². The van der Waals surface area contributed by atoms with Crippen LogP contribution >= 0.6 is 23.2 Å². The number of carbonyl (C=O) groups is 2. The van der Waals surface area contributed by atoms with E-state index in [0.717, 1.165) is 0 Å². The first-order valence-electron chi connectivity index (χ1n) is 8.09. The van der Waals surface area contributed by atoms with Crippen LogP contribution in [0.3, 0.4) is 0 Å². The maximum absolute atomic E-state index is 12.6. The van der Waals surface area contributed by atoms with Gasteiger partial charge < -0.3 is 15.4 Å². The van der Waals surface area contributed by atoms with E-state index in [1.165, 1.54) is 0 Å². The Kier molecular flexibility index (Phi) is 7.15. The predicted octanol–water partition coefficient (Wildman–Crippen LogP) is 4.66. The van der Waals surface area contributed by atoms with Crippen LogP contribution in [0.15, 0.2) is 18.2 Å². The van der Waals surface area contributed by atoms with Gasteiger partial charge in [0.2, 0.25) is 0 Å². The van der Waals surface area contributed by atoms with Gasteiger partial charge in [0.15, 0.2) is 0 Å². The topological polar surface area (TPSA) is 67.4 Å². The van der Waals surface area contributed by atoms with Gasteiger partial charge in [0.25, 0.3) is 5.91 Å². The normalized spacial score (nSPS) is 14.0. The number of alkyl carbamates (subject to hydrolysis) is 1. The highest BCUT2D eigenvalue weighted by Crippen LogP contribution is 2.26. The van der Waals surface area contributed by atoms with Crippen LogP contribution in [0.2, 0.25) is 10.0 Å². The molecule has 0 heterocycles. The van der Waals surface area contributed by atoms with Crippen molar-refractivity contribution >= 4 is 35.2 Å². The zero-order valence-corrected chi connectivity index (χ0v) is 17.0. The molecule has 1 aromatic carbocycles. The minimum Gasteiger partial charge on any atom is -0.444 e. The van der Waals surface area contributed by atoms with Crippen LogP contribution in [0, 0.1) is 5.92 Å². The molecule has 0 fully saturated rings. The van der Waals surface area contributed by atoms with Gasteiger partial charge in [0.1, 0.15) is 5.60 Å². The summed E-state index contributed by atoms with van der Waals surface area (Å²) in [5.41, 5.74) is -0.992. The van der Waals surface area contributed by atoms with Crippen molar-refractivity contribution in [3.63, 3.8) is 0 Å². The zero-order valence-electron chi connectivity index (χ0n) is 15.5. The molecule has 2 N–H and O–H groups in total. The van der Waals surface area contributed by atoms with Crippen LogP contribution in [-0.2, 0) is 4.74 Å². The summed E-state index contributed by atoms with van der Waals surface area (Å²) < 4.78 is 5.24. The number of nitrogens with one attached hydrogen (secondary N) is 2. The predicted molar refractivity (Wildman–Crippen MR) is 101 cm³/mol. The van der Waals surface area contributed by atoms with Gasteiger partial charge in [0.05, 0.1) is 21.1 Å². The maximum atomic E-state index is 12.6. The van der Waals surface area contributed by atoms with Crippen molar-refractivity contribution in [2.75, 3.05) is 6.54 Å². The molecule has 1 rings (SSSR count). The standard InChI is InChI=1S/C18H26Cl2N2O3/c1-11(2)18(6,10-21-16(24)25-17(3,4)5)22-15(23)12-8-7-9-13(19)14(12)20/h7-9,11H,10H2,1-6H3,(H,21,24)(H,22,23). The van der Waals surface area contributed by atoms with E-state index in [1.807, 2.05) is 20.8 Å². The summed E-state index contributed by atoms with van der Waals surface area (Å²) in [6.45, 7) is 11.3. The Labute approximate surface area is 159 Å². The van der Waals surface area contributed by atoms with Crippen LogP contribution in [0.4, 0.5) is 4.79 Å². The van der Waals surface area contributed by atoms with E-state index >= 15 is 0 Å². The summed E-state index contributed by atoms with van der Waals surface area (Å²) in [7, 11) is 0. The van der Waals surface area contributed by atoms with Crippen molar-refractivity contribution in [2.24, 2.45) is 5.92 Å². The van der Waals surface area contributed by atoms with Crippen LogP contribution in [-0.4, -0.2) is 29.7 Å². The molecule has 0 saturated carbocycles. The fourth-order valence-electron chi connectivity index (χ4n) is 1.97. The average Bonchev–Trinajstić information content (AvgIpc) is 2.46. The van der Waals surface area contributed by atoms with Gasteiger partial charge in [-0.15, -0.1) is 0 Å². The average molecular weight is 389 g/mol. The molecule has 1 atom stereocenters. The second kappa shape index (κ2) is 8.28. The second-order valence-electron chi connectivity index (χ2n) is 7.48. The van der Waals surface area contributed by atoms with E-state index in [4.69, 9.17) is 27.9 Å². The number of carbonyl (C=O) groups excluding carboxylic acids is 2. The third kappa shape index (κ3) is 6.40. The lowest BCUT2D eigenvalue weighted by molar-refractivity contribution is 0.0497. The van der Waals surface area contributed by atoms with E-state index in [1.54, 1.807) is 39.0 Å². The van der Waals surface area contributed by atoms with E-state index < -0.39 is 17.2 Å². The van der Waals surface area contributed by atoms with Gasteiger partial charge in [0, 0.05) is 6.54 Å². The van der Waals surface area contributed by atoms with E-state index in [9.17, 15) is 9.59 Å². The Morgan fingerprint density at radius 3 is 2.28 bits per heavy atom. The monoisotopic (exact) mass is 388 g/mol. The summed E-state index contributed by atoms with van der Waals surface area (Å²) in [5.74, 6) is -0.306. The third-order valence-electron chi connectivity index (χ3n) is 3.87. The molecule has 1 aromatic rings. The van der Waals surface area contributed by atoms with Gasteiger partial charge in [-0.05, 0) is 45.7 Å². The first-order valence-corrected chi connectivity index (χ1v) is 8.84. The van der Waals surface area contributed by atoms with Gasteiger partial charge in [-0.3, -0.25) is 4.79 Å². The quantitative estimate of drug-likeness (QED) is 0.770. The molecule has 140 valence electrons. The highest BCUT2D eigenvalue weighted by Gasteiger charge is 2.32. The van der Waals surface area contributed by atoms with Crippen LogP contribution in [0.5, 0.6) is 0 Å². The maximum Gasteiger partial charge on any atom is 0.407 e. The Morgan fingerprint density at radius 1 is 1.16 bits per heavy atom.